The van der Waals surface area contributed by atoms with Crippen LogP contribution in [0.25, 0.3) is 0 Å². The van der Waals surface area contributed by atoms with E-state index in [1.54, 1.807) is 4.90 Å². The molecule has 0 aromatic rings. The van der Waals surface area contributed by atoms with E-state index in [9.17, 15) is 14.4 Å². The summed E-state index contributed by atoms with van der Waals surface area (Å²) in [5.41, 5.74) is 0. The number of hydrogen-bond acceptors (Lipinski definition) is 5. The Morgan fingerprint density at radius 2 is 2.08 bits per heavy atom. The van der Waals surface area contributed by atoms with Crippen molar-refractivity contribution in [1.82, 2.24) is 15.5 Å². The highest BCUT2D eigenvalue weighted by Gasteiger charge is 2.38. The first kappa shape index (κ1) is 18.7. The van der Waals surface area contributed by atoms with Crippen molar-refractivity contribution in [2.75, 3.05) is 19.7 Å². The lowest BCUT2D eigenvalue weighted by molar-refractivity contribution is -0.153. The molecule has 0 aromatic heterocycles. The molecule has 2 rings (SSSR count). The second kappa shape index (κ2) is 8.46. The summed E-state index contributed by atoms with van der Waals surface area (Å²) >= 11 is 0. The van der Waals surface area contributed by atoms with E-state index in [1.807, 2.05) is 13.8 Å². The first-order chi connectivity index (χ1) is 11.4. The molecule has 0 saturated carbocycles. The van der Waals surface area contributed by atoms with Crippen LogP contribution in [0.1, 0.15) is 46.5 Å². The number of carbonyl (C=O) groups excluding carboxylic acids is 3. The van der Waals surface area contributed by atoms with Crippen molar-refractivity contribution in [3.05, 3.63) is 0 Å². The minimum atomic E-state index is -0.773. The Balaban J connectivity index is 2.01. The third-order valence-electron chi connectivity index (χ3n) is 4.47. The monoisotopic (exact) mass is 339 g/mol. The summed E-state index contributed by atoms with van der Waals surface area (Å²) in [5, 5.41) is 6.04. The van der Waals surface area contributed by atoms with Crippen molar-refractivity contribution in [3.8, 4) is 0 Å². The molecule has 3 unspecified atom stereocenters. The Bertz CT molecular complexity index is 480. The van der Waals surface area contributed by atoms with E-state index in [1.165, 1.54) is 0 Å². The molecule has 2 aliphatic rings. The Morgan fingerprint density at radius 1 is 1.33 bits per heavy atom. The van der Waals surface area contributed by atoms with Gasteiger partial charge in [-0.25, -0.2) is 0 Å². The van der Waals surface area contributed by atoms with Crippen LogP contribution < -0.4 is 10.6 Å². The number of nitrogens with zero attached hydrogens (tertiary/aromatic N) is 1. The predicted molar refractivity (Wildman–Crippen MR) is 89.2 cm³/mol. The number of hydrogen-bond donors (Lipinski definition) is 2. The summed E-state index contributed by atoms with van der Waals surface area (Å²) in [6, 6.07) is -0.750. The lowest BCUT2D eigenvalue weighted by Crippen LogP contribution is -2.62. The number of piperazine rings is 1. The molecule has 2 amide bonds. The van der Waals surface area contributed by atoms with Crippen LogP contribution in [0.15, 0.2) is 0 Å². The van der Waals surface area contributed by atoms with Gasteiger partial charge in [-0.1, -0.05) is 13.8 Å². The van der Waals surface area contributed by atoms with E-state index in [0.29, 0.717) is 25.7 Å². The number of esters is 1. The molecular weight excluding hydrogens is 310 g/mol. The van der Waals surface area contributed by atoms with Crippen molar-refractivity contribution >= 4 is 17.8 Å². The second-order valence-electron chi connectivity index (χ2n) is 7.17. The molecule has 3 atom stereocenters. The third kappa shape index (κ3) is 4.93. The van der Waals surface area contributed by atoms with Gasteiger partial charge in [-0.3, -0.25) is 14.4 Å². The first-order valence-corrected chi connectivity index (χ1v) is 8.88. The van der Waals surface area contributed by atoms with Crippen LogP contribution in [0, 0.1) is 5.92 Å². The lowest BCUT2D eigenvalue weighted by atomic mass is 9.97. The van der Waals surface area contributed by atoms with Crippen molar-refractivity contribution in [1.29, 1.82) is 0 Å². The van der Waals surface area contributed by atoms with E-state index in [-0.39, 0.29) is 30.2 Å². The third-order valence-corrected chi connectivity index (χ3v) is 4.47. The Labute approximate surface area is 143 Å². The summed E-state index contributed by atoms with van der Waals surface area (Å²) in [7, 11) is 0. The number of carbonyl (C=O) groups is 3. The van der Waals surface area contributed by atoms with E-state index in [2.05, 4.69) is 17.6 Å². The van der Waals surface area contributed by atoms with Crippen LogP contribution in [0.3, 0.4) is 0 Å². The normalized spacial score (nSPS) is 27.8. The number of rotatable bonds is 5. The Kier molecular flexibility index (Phi) is 6.60. The molecule has 2 fully saturated rings. The molecule has 2 N–H and O–H groups in total. The molecule has 2 heterocycles. The van der Waals surface area contributed by atoms with Crippen LogP contribution in [0.2, 0.25) is 0 Å². The quantitative estimate of drug-likeness (QED) is 0.710. The number of nitrogens with one attached hydrogen (secondary N) is 2. The molecule has 7 heteroatoms. The zero-order valence-electron chi connectivity index (χ0n) is 14.8. The minimum Gasteiger partial charge on any atom is -0.465 e. The minimum absolute atomic E-state index is 0.0851. The molecular formula is C17H29N3O4. The smallest absolute Gasteiger partial charge is 0.308 e. The van der Waals surface area contributed by atoms with Gasteiger partial charge in [-0.15, -0.1) is 0 Å². The molecule has 0 spiro atoms. The topological polar surface area (TPSA) is 87.7 Å². The molecule has 7 nitrogen and oxygen atoms in total. The SMILES string of the molecule is CC(C)COC(=O)CC1C(=O)NCCN1C(=O)C1CCCC(C)N1. The highest BCUT2D eigenvalue weighted by molar-refractivity contribution is 5.93. The summed E-state index contributed by atoms with van der Waals surface area (Å²) in [4.78, 5) is 38.6. The fourth-order valence-corrected chi connectivity index (χ4v) is 3.19. The molecule has 0 aliphatic carbocycles. The van der Waals surface area contributed by atoms with Gasteiger partial charge in [-0.05, 0) is 32.1 Å². The van der Waals surface area contributed by atoms with Crippen molar-refractivity contribution in [3.63, 3.8) is 0 Å². The average molecular weight is 339 g/mol. The largest absolute Gasteiger partial charge is 0.465 e. The molecule has 0 radical (unpaired) electrons. The van der Waals surface area contributed by atoms with Gasteiger partial charge in [0.25, 0.3) is 0 Å². The molecule has 24 heavy (non-hydrogen) atoms. The van der Waals surface area contributed by atoms with Gasteiger partial charge < -0.3 is 20.3 Å². The number of piperidine rings is 1. The number of amides is 2. The van der Waals surface area contributed by atoms with Gasteiger partial charge in [0.1, 0.15) is 6.04 Å². The molecule has 2 saturated heterocycles. The predicted octanol–water partition coefficient (Wildman–Crippen LogP) is 0.433. The van der Waals surface area contributed by atoms with E-state index in [0.717, 1.165) is 19.3 Å². The fourth-order valence-electron chi connectivity index (χ4n) is 3.19. The fraction of sp³-hybridized carbons (Fsp3) is 0.824. The van der Waals surface area contributed by atoms with E-state index < -0.39 is 12.0 Å². The summed E-state index contributed by atoms with van der Waals surface area (Å²) < 4.78 is 5.17. The van der Waals surface area contributed by atoms with Crippen LogP contribution in [0.4, 0.5) is 0 Å². The Morgan fingerprint density at radius 3 is 2.75 bits per heavy atom. The summed E-state index contributed by atoms with van der Waals surface area (Å²) in [6.45, 7) is 7.13. The van der Waals surface area contributed by atoms with Crippen molar-refractivity contribution in [2.45, 2.75) is 64.6 Å². The van der Waals surface area contributed by atoms with Crippen LogP contribution >= 0.6 is 0 Å². The average Bonchev–Trinajstić information content (AvgIpc) is 2.54. The van der Waals surface area contributed by atoms with E-state index in [4.69, 9.17) is 4.74 Å². The maximum absolute atomic E-state index is 12.8. The number of ether oxygens (including phenoxy) is 1. The maximum atomic E-state index is 12.8. The molecule has 136 valence electrons. The second-order valence-corrected chi connectivity index (χ2v) is 7.17. The zero-order chi connectivity index (χ0) is 17.7. The summed E-state index contributed by atoms with van der Waals surface area (Å²) in [6.07, 6.45) is 2.72. The maximum Gasteiger partial charge on any atom is 0.308 e. The standard InChI is InChI=1S/C17H29N3O4/c1-11(2)10-24-15(21)9-14-16(22)18-7-8-20(14)17(23)13-6-4-5-12(3)19-13/h11-14,19H,4-10H2,1-3H3,(H,18,22). The van der Waals surface area contributed by atoms with Gasteiger partial charge in [0, 0.05) is 19.1 Å². The lowest BCUT2D eigenvalue weighted by Gasteiger charge is -2.38. The highest BCUT2D eigenvalue weighted by Crippen LogP contribution is 2.18. The van der Waals surface area contributed by atoms with E-state index >= 15 is 0 Å². The molecule has 0 aromatic carbocycles. The van der Waals surface area contributed by atoms with Gasteiger partial charge in [0.05, 0.1) is 19.1 Å². The molecule has 0 bridgehead atoms. The van der Waals surface area contributed by atoms with Gasteiger partial charge >= 0.3 is 5.97 Å². The van der Waals surface area contributed by atoms with Gasteiger partial charge in [0.15, 0.2) is 0 Å². The van der Waals surface area contributed by atoms with Crippen molar-refractivity contribution < 1.29 is 19.1 Å². The molecule has 2 aliphatic heterocycles. The summed E-state index contributed by atoms with van der Waals surface area (Å²) in [5.74, 6) is -0.564. The Hall–Kier alpha value is -1.63. The van der Waals surface area contributed by atoms with Crippen LogP contribution in [-0.2, 0) is 19.1 Å². The van der Waals surface area contributed by atoms with Crippen LogP contribution in [0.5, 0.6) is 0 Å². The first-order valence-electron chi connectivity index (χ1n) is 8.88. The van der Waals surface area contributed by atoms with Gasteiger partial charge in [0.2, 0.25) is 11.8 Å². The zero-order valence-corrected chi connectivity index (χ0v) is 14.8. The van der Waals surface area contributed by atoms with Gasteiger partial charge in [-0.2, -0.15) is 0 Å². The van der Waals surface area contributed by atoms with Crippen LogP contribution in [-0.4, -0.2) is 60.5 Å². The van der Waals surface area contributed by atoms with Crippen molar-refractivity contribution in [2.24, 2.45) is 5.92 Å². The highest BCUT2D eigenvalue weighted by atomic mass is 16.5.